The van der Waals surface area contributed by atoms with Gasteiger partial charge in [0.15, 0.2) is 0 Å². The Morgan fingerprint density at radius 3 is 2.74 bits per heavy atom. The fourth-order valence-electron chi connectivity index (χ4n) is 2.19. The second kappa shape index (κ2) is 6.35. The summed E-state index contributed by atoms with van der Waals surface area (Å²) in [5.41, 5.74) is -0.0267. The number of hydrogen-bond acceptors (Lipinski definition) is 4. The highest BCUT2D eigenvalue weighted by Crippen LogP contribution is 2.40. The molecule has 0 aliphatic heterocycles. The lowest BCUT2D eigenvalue weighted by molar-refractivity contribution is 0.413. The molecule has 118 valence electrons. The third kappa shape index (κ3) is 3.13. The first-order valence-electron chi connectivity index (χ1n) is 6.55. The van der Waals surface area contributed by atoms with Crippen LogP contribution in [0.1, 0.15) is 0 Å². The van der Waals surface area contributed by atoms with Gasteiger partial charge < -0.3 is 14.8 Å². The SMILES string of the molecule is COc1cccc(Sc2c(O)c3c(Cl)cc(Cl)cc3[nH]c2=O)c1. The molecule has 0 bridgehead atoms. The van der Waals surface area contributed by atoms with E-state index in [4.69, 9.17) is 27.9 Å². The zero-order valence-electron chi connectivity index (χ0n) is 11.9. The van der Waals surface area contributed by atoms with Gasteiger partial charge in [0.2, 0.25) is 0 Å². The molecule has 2 aromatic carbocycles. The zero-order valence-corrected chi connectivity index (χ0v) is 14.2. The van der Waals surface area contributed by atoms with Crippen LogP contribution in [0, 0.1) is 0 Å². The number of aromatic hydroxyl groups is 1. The Morgan fingerprint density at radius 2 is 2.00 bits per heavy atom. The molecule has 2 N–H and O–H groups in total. The number of H-pyrrole nitrogens is 1. The molecule has 1 aromatic heterocycles. The maximum absolute atomic E-state index is 12.3. The molecule has 0 aliphatic carbocycles. The van der Waals surface area contributed by atoms with Gasteiger partial charge in [-0.05, 0) is 30.3 Å². The average Bonchev–Trinajstić information content (AvgIpc) is 2.50. The smallest absolute Gasteiger partial charge is 0.266 e. The Bertz CT molecular complexity index is 956. The van der Waals surface area contributed by atoms with Crippen molar-refractivity contribution in [1.82, 2.24) is 4.98 Å². The van der Waals surface area contributed by atoms with E-state index in [1.165, 1.54) is 6.07 Å². The molecule has 3 rings (SSSR count). The molecule has 0 atom stereocenters. The minimum Gasteiger partial charge on any atom is -0.506 e. The normalized spacial score (nSPS) is 10.9. The summed E-state index contributed by atoms with van der Waals surface area (Å²) in [6.45, 7) is 0. The van der Waals surface area contributed by atoms with E-state index in [1.807, 2.05) is 6.07 Å². The fourth-order valence-corrected chi connectivity index (χ4v) is 3.67. The number of hydrogen-bond donors (Lipinski definition) is 2. The third-order valence-corrected chi connectivity index (χ3v) is 4.81. The summed E-state index contributed by atoms with van der Waals surface area (Å²) < 4.78 is 5.16. The topological polar surface area (TPSA) is 62.3 Å². The minimum absolute atomic E-state index is 0.162. The number of rotatable bonds is 3. The summed E-state index contributed by atoms with van der Waals surface area (Å²) in [5, 5.41) is 11.5. The number of benzene rings is 2. The lowest BCUT2D eigenvalue weighted by atomic mass is 10.2. The molecular weight excluding hydrogens is 357 g/mol. The van der Waals surface area contributed by atoms with E-state index < -0.39 is 5.56 Å². The largest absolute Gasteiger partial charge is 0.506 e. The Morgan fingerprint density at radius 1 is 1.22 bits per heavy atom. The Hall–Kier alpha value is -1.82. The Labute approximate surface area is 146 Å². The van der Waals surface area contributed by atoms with Crippen molar-refractivity contribution in [2.45, 2.75) is 9.79 Å². The molecule has 0 amide bonds. The van der Waals surface area contributed by atoms with Crippen LogP contribution < -0.4 is 10.3 Å². The van der Waals surface area contributed by atoms with Crippen LogP contribution >= 0.6 is 35.0 Å². The summed E-state index contributed by atoms with van der Waals surface area (Å²) >= 11 is 13.2. The molecule has 0 fully saturated rings. The van der Waals surface area contributed by atoms with Crippen molar-refractivity contribution in [2.24, 2.45) is 0 Å². The maximum atomic E-state index is 12.3. The lowest BCUT2D eigenvalue weighted by Crippen LogP contribution is -2.08. The number of halogens is 2. The second-order valence-corrected chi connectivity index (χ2v) is 6.65. The van der Waals surface area contributed by atoms with Crippen LogP contribution in [0.2, 0.25) is 10.0 Å². The van der Waals surface area contributed by atoms with Crippen LogP contribution in [-0.4, -0.2) is 17.2 Å². The number of aromatic nitrogens is 1. The molecule has 1 heterocycles. The number of ether oxygens (including phenoxy) is 1. The van der Waals surface area contributed by atoms with Crippen LogP contribution in [0.4, 0.5) is 0 Å². The predicted molar refractivity (Wildman–Crippen MR) is 93.4 cm³/mol. The number of pyridine rings is 1. The van der Waals surface area contributed by atoms with E-state index in [-0.39, 0.29) is 15.7 Å². The van der Waals surface area contributed by atoms with Crippen LogP contribution in [0.5, 0.6) is 11.5 Å². The van der Waals surface area contributed by atoms with Crippen molar-refractivity contribution >= 4 is 45.9 Å². The summed E-state index contributed by atoms with van der Waals surface area (Å²) in [6, 6.07) is 10.3. The average molecular weight is 368 g/mol. The van der Waals surface area contributed by atoms with Crippen molar-refractivity contribution in [3.63, 3.8) is 0 Å². The van der Waals surface area contributed by atoms with E-state index >= 15 is 0 Å². The van der Waals surface area contributed by atoms with Crippen LogP contribution in [0.15, 0.2) is 51.0 Å². The van der Waals surface area contributed by atoms with Crippen molar-refractivity contribution < 1.29 is 9.84 Å². The number of aromatic amines is 1. The Kier molecular flexibility index (Phi) is 4.43. The molecule has 0 saturated heterocycles. The van der Waals surface area contributed by atoms with Gasteiger partial charge in [-0.25, -0.2) is 0 Å². The Balaban J connectivity index is 2.16. The first-order chi connectivity index (χ1) is 11.0. The van der Waals surface area contributed by atoms with E-state index in [9.17, 15) is 9.90 Å². The molecule has 7 heteroatoms. The van der Waals surface area contributed by atoms with Gasteiger partial charge in [-0.2, -0.15) is 0 Å². The van der Waals surface area contributed by atoms with Gasteiger partial charge in [-0.1, -0.05) is 41.0 Å². The van der Waals surface area contributed by atoms with E-state index in [0.29, 0.717) is 21.7 Å². The molecule has 0 radical (unpaired) electrons. The first-order valence-corrected chi connectivity index (χ1v) is 8.12. The molecule has 0 aliphatic rings. The first kappa shape index (κ1) is 16.1. The van der Waals surface area contributed by atoms with Gasteiger partial charge in [0.25, 0.3) is 5.56 Å². The van der Waals surface area contributed by atoms with E-state index in [2.05, 4.69) is 4.98 Å². The summed E-state index contributed by atoms with van der Waals surface area (Å²) in [7, 11) is 1.56. The standard InChI is InChI=1S/C16H11Cl2NO3S/c1-22-9-3-2-4-10(7-9)23-15-14(20)13-11(18)5-8(17)6-12(13)19-16(15)21/h2-7H,1H3,(H2,19,20,21). The lowest BCUT2D eigenvalue weighted by Gasteiger charge is -2.09. The monoisotopic (exact) mass is 367 g/mol. The van der Waals surface area contributed by atoms with Crippen LogP contribution in [0.3, 0.4) is 0 Å². The molecular formula is C16H11Cl2NO3S. The van der Waals surface area contributed by atoms with Crippen molar-refractivity contribution in [2.75, 3.05) is 7.11 Å². The summed E-state index contributed by atoms with van der Waals surface area (Å²) in [6.07, 6.45) is 0. The minimum atomic E-state index is -0.416. The van der Waals surface area contributed by atoms with Crippen molar-refractivity contribution in [1.29, 1.82) is 0 Å². The molecule has 0 saturated carbocycles. The second-order valence-electron chi connectivity index (χ2n) is 4.72. The quantitative estimate of drug-likeness (QED) is 0.704. The maximum Gasteiger partial charge on any atom is 0.266 e. The third-order valence-electron chi connectivity index (χ3n) is 3.22. The van der Waals surface area contributed by atoms with E-state index in [1.54, 1.807) is 31.4 Å². The predicted octanol–water partition coefficient (Wildman–Crippen LogP) is 4.70. The number of methoxy groups -OCH3 is 1. The van der Waals surface area contributed by atoms with Crippen LogP contribution in [-0.2, 0) is 0 Å². The van der Waals surface area contributed by atoms with Gasteiger partial charge in [-0.3, -0.25) is 4.79 Å². The van der Waals surface area contributed by atoms with Gasteiger partial charge in [0, 0.05) is 9.92 Å². The highest BCUT2D eigenvalue weighted by atomic mass is 35.5. The fraction of sp³-hybridized carbons (Fsp3) is 0.0625. The van der Waals surface area contributed by atoms with Crippen molar-refractivity contribution in [3.8, 4) is 11.5 Å². The molecule has 0 unspecified atom stereocenters. The molecule has 3 aromatic rings. The molecule has 23 heavy (non-hydrogen) atoms. The summed E-state index contributed by atoms with van der Waals surface area (Å²) in [5.74, 6) is 0.495. The highest BCUT2D eigenvalue weighted by Gasteiger charge is 2.16. The number of nitrogens with one attached hydrogen (secondary N) is 1. The zero-order chi connectivity index (χ0) is 16.6. The molecule has 0 spiro atoms. The summed E-state index contributed by atoms with van der Waals surface area (Å²) in [4.78, 5) is 15.9. The van der Waals surface area contributed by atoms with Gasteiger partial charge >= 0.3 is 0 Å². The van der Waals surface area contributed by atoms with E-state index in [0.717, 1.165) is 16.7 Å². The van der Waals surface area contributed by atoms with Crippen LogP contribution in [0.25, 0.3) is 10.9 Å². The van der Waals surface area contributed by atoms with Gasteiger partial charge in [0.1, 0.15) is 16.4 Å². The van der Waals surface area contributed by atoms with Crippen molar-refractivity contribution in [3.05, 3.63) is 56.8 Å². The number of fused-ring (bicyclic) bond motifs is 1. The van der Waals surface area contributed by atoms with Gasteiger partial charge in [-0.15, -0.1) is 0 Å². The highest BCUT2D eigenvalue weighted by molar-refractivity contribution is 7.99. The van der Waals surface area contributed by atoms with Gasteiger partial charge in [0.05, 0.1) is 23.0 Å². The molecule has 4 nitrogen and oxygen atoms in total.